The second kappa shape index (κ2) is 6.37. The molecule has 1 aliphatic heterocycles. The Balaban J connectivity index is 2.32. The Bertz CT molecular complexity index is 741. The summed E-state index contributed by atoms with van der Waals surface area (Å²) in [6.07, 6.45) is -1.52. The van der Waals surface area contributed by atoms with Crippen molar-refractivity contribution in [1.82, 2.24) is 4.98 Å². The molecule has 0 unspecified atom stereocenters. The van der Waals surface area contributed by atoms with Crippen LogP contribution < -0.4 is 14.4 Å². The van der Waals surface area contributed by atoms with Crippen molar-refractivity contribution >= 4 is 16.6 Å². The van der Waals surface area contributed by atoms with Gasteiger partial charge in [0.15, 0.2) is 0 Å². The summed E-state index contributed by atoms with van der Waals surface area (Å²) in [6, 6.07) is 4.40. The first-order valence-electron chi connectivity index (χ1n) is 7.83. The molecule has 1 aromatic carbocycles. The van der Waals surface area contributed by atoms with Crippen molar-refractivity contribution in [3.63, 3.8) is 0 Å². The molecule has 1 aromatic heterocycles. The number of aromatic nitrogens is 1. The lowest BCUT2D eigenvalue weighted by atomic mass is 10.1. The molecule has 1 fully saturated rings. The van der Waals surface area contributed by atoms with Crippen LogP contribution in [0.15, 0.2) is 18.2 Å². The van der Waals surface area contributed by atoms with Crippen LogP contribution in [0.4, 0.5) is 18.9 Å². The first-order valence-corrected chi connectivity index (χ1v) is 7.83. The number of methoxy groups -OCH3 is 2. The van der Waals surface area contributed by atoms with Gasteiger partial charge in [-0.05, 0) is 37.5 Å². The van der Waals surface area contributed by atoms with Crippen molar-refractivity contribution in [2.75, 3.05) is 32.2 Å². The molecule has 3 rings (SSSR count). The molecule has 7 heteroatoms. The zero-order chi connectivity index (χ0) is 17.3. The van der Waals surface area contributed by atoms with Gasteiger partial charge >= 0.3 is 6.18 Å². The fourth-order valence-corrected chi connectivity index (χ4v) is 3.13. The number of hydrogen-bond acceptors (Lipinski definition) is 4. The predicted molar refractivity (Wildman–Crippen MR) is 85.9 cm³/mol. The molecule has 1 aliphatic rings. The molecular weight excluding hydrogens is 321 g/mol. The summed E-state index contributed by atoms with van der Waals surface area (Å²) in [5, 5.41) is 0.562. The molecule has 0 aliphatic carbocycles. The minimum Gasteiger partial charge on any atom is -0.496 e. The van der Waals surface area contributed by atoms with E-state index in [4.69, 9.17) is 9.47 Å². The van der Waals surface area contributed by atoms with Gasteiger partial charge in [0.1, 0.15) is 22.7 Å². The zero-order valence-corrected chi connectivity index (χ0v) is 13.6. The number of fused-ring (bicyclic) bond motifs is 1. The van der Waals surface area contributed by atoms with Crippen LogP contribution in [0.1, 0.15) is 25.0 Å². The van der Waals surface area contributed by atoms with E-state index in [0.29, 0.717) is 22.6 Å². The summed E-state index contributed by atoms with van der Waals surface area (Å²) in [7, 11) is 2.92. The van der Waals surface area contributed by atoms with Gasteiger partial charge in [-0.2, -0.15) is 13.2 Å². The molecule has 0 bridgehead atoms. The maximum Gasteiger partial charge on any atom is 0.433 e. The Hall–Kier alpha value is -2.18. The van der Waals surface area contributed by atoms with Gasteiger partial charge in [0.2, 0.25) is 0 Å². The Labute approximate surface area is 138 Å². The third-order valence-corrected chi connectivity index (χ3v) is 4.29. The zero-order valence-electron chi connectivity index (χ0n) is 13.6. The molecule has 130 valence electrons. The van der Waals surface area contributed by atoms with Crippen molar-refractivity contribution < 1.29 is 22.6 Å². The Morgan fingerprint density at radius 3 is 2.21 bits per heavy atom. The van der Waals surface area contributed by atoms with E-state index >= 15 is 0 Å². The number of rotatable bonds is 3. The SMILES string of the molecule is COc1ccc(OC)c2c(N3CCCCC3)cc(C(F)(F)F)nc12. The van der Waals surface area contributed by atoms with Gasteiger partial charge in [0.25, 0.3) is 0 Å². The minimum atomic E-state index is -4.52. The standard InChI is InChI=1S/C17H19F3N2O2/c1-23-12-6-7-13(24-2)16-15(12)11(22-8-4-3-5-9-22)10-14(21-16)17(18,19)20/h6-7,10H,3-5,8-9H2,1-2H3. The van der Waals surface area contributed by atoms with Crippen LogP contribution in [0.5, 0.6) is 11.5 Å². The van der Waals surface area contributed by atoms with Gasteiger partial charge < -0.3 is 14.4 Å². The van der Waals surface area contributed by atoms with E-state index in [1.54, 1.807) is 12.1 Å². The quantitative estimate of drug-likeness (QED) is 0.836. The van der Waals surface area contributed by atoms with E-state index < -0.39 is 11.9 Å². The largest absolute Gasteiger partial charge is 0.496 e. The van der Waals surface area contributed by atoms with Crippen molar-refractivity contribution in [3.8, 4) is 11.5 Å². The van der Waals surface area contributed by atoms with E-state index in [9.17, 15) is 13.2 Å². The second-order valence-electron chi connectivity index (χ2n) is 5.77. The number of nitrogens with zero attached hydrogens (tertiary/aromatic N) is 2. The molecule has 4 nitrogen and oxygen atoms in total. The molecular formula is C17H19F3N2O2. The Morgan fingerprint density at radius 1 is 1.00 bits per heavy atom. The summed E-state index contributed by atoms with van der Waals surface area (Å²) < 4.78 is 50.6. The first-order chi connectivity index (χ1) is 11.5. The summed E-state index contributed by atoms with van der Waals surface area (Å²) >= 11 is 0. The van der Waals surface area contributed by atoms with Crippen LogP contribution in [0.25, 0.3) is 10.9 Å². The highest BCUT2D eigenvalue weighted by Gasteiger charge is 2.35. The number of benzene rings is 1. The first kappa shape index (κ1) is 16.7. The third kappa shape index (κ3) is 2.95. The normalized spacial score (nSPS) is 15.6. The van der Waals surface area contributed by atoms with Crippen LogP contribution in [0.2, 0.25) is 0 Å². The Morgan fingerprint density at radius 2 is 1.62 bits per heavy atom. The van der Waals surface area contributed by atoms with Crippen LogP contribution in [0.3, 0.4) is 0 Å². The monoisotopic (exact) mass is 340 g/mol. The highest BCUT2D eigenvalue weighted by molar-refractivity contribution is 6.00. The average molecular weight is 340 g/mol. The molecule has 1 saturated heterocycles. The Kier molecular flexibility index (Phi) is 4.43. The lowest BCUT2D eigenvalue weighted by Gasteiger charge is -2.30. The van der Waals surface area contributed by atoms with Gasteiger partial charge in [-0.1, -0.05) is 0 Å². The molecule has 0 N–H and O–H groups in total. The molecule has 0 atom stereocenters. The maximum atomic E-state index is 13.3. The fourth-order valence-electron chi connectivity index (χ4n) is 3.13. The van der Waals surface area contributed by atoms with Crippen LogP contribution in [0, 0.1) is 0 Å². The molecule has 0 saturated carbocycles. The third-order valence-electron chi connectivity index (χ3n) is 4.29. The molecule has 0 spiro atoms. The molecule has 0 amide bonds. The highest BCUT2D eigenvalue weighted by atomic mass is 19.4. The number of ether oxygens (including phenoxy) is 2. The van der Waals surface area contributed by atoms with Crippen molar-refractivity contribution in [2.24, 2.45) is 0 Å². The average Bonchev–Trinajstić information content (AvgIpc) is 2.59. The minimum absolute atomic E-state index is 0.173. The van der Waals surface area contributed by atoms with E-state index in [1.807, 2.05) is 4.90 Å². The predicted octanol–water partition coefficient (Wildman–Crippen LogP) is 4.26. The number of halogens is 3. The highest BCUT2D eigenvalue weighted by Crippen LogP contribution is 2.42. The number of anilines is 1. The topological polar surface area (TPSA) is 34.6 Å². The number of pyridine rings is 1. The maximum absolute atomic E-state index is 13.3. The van der Waals surface area contributed by atoms with Crippen LogP contribution in [-0.4, -0.2) is 32.3 Å². The lowest BCUT2D eigenvalue weighted by Crippen LogP contribution is -2.30. The van der Waals surface area contributed by atoms with Crippen molar-refractivity contribution in [3.05, 3.63) is 23.9 Å². The number of piperidine rings is 1. The van der Waals surface area contributed by atoms with E-state index in [2.05, 4.69) is 4.98 Å². The summed E-state index contributed by atoms with van der Waals surface area (Å²) in [6.45, 7) is 1.44. The van der Waals surface area contributed by atoms with E-state index in [0.717, 1.165) is 38.4 Å². The summed E-state index contributed by atoms with van der Waals surface area (Å²) in [5.41, 5.74) is -0.239. The second-order valence-corrected chi connectivity index (χ2v) is 5.77. The van der Waals surface area contributed by atoms with E-state index in [-0.39, 0.29) is 5.52 Å². The number of hydrogen-bond donors (Lipinski definition) is 0. The molecule has 0 radical (unpaired) electrons. The molecule has 24 heavy (non-hydrogen) atoms. The van der Waals surface area contributed by atoms with Crippen LogP contribution >= 0.6 is 0 Å². The fraction of sp³-hybridized carbons (Fsp3) is 0.471. The van der Waals surface area contributed by atoms with Crippen molar-refractivity contribution in [2.45, 2.75) is 25.4 Å². The smallest absolute Gasteiger partial charge is 0.433 e. The van der Waals surface area contributed by atoms with Gasteiger partial charge in [0, 0.05) is 13.1 Å². The van der Waals surface area contributed by atoms with Crippen molar-refractivity contribution in [1.29, 1.82) is 0 Å². The molecule has 2 aromatic rings. The van der Waals surface area contributed by atoms with E-state index in [1.165, 1.54) is 14.2 Å². The van der Waals surface area contributed by atoms with Crippen LogP contribution in [-0.2, 0) is 6.18 Å². The lowest BCUT2D eigenvalue weighted by molar-refractivity contribution is -0.140. The van der Waals surface area contributed by atoms with Gasteiger partial charge in [-0.3, -0.25) is 0 Å². The van der Waals surface area contributed by atoms with Gasteiger partial charge in [-0.15, -0.1) is 0 Å². The van der Waals surface area contributed by atoms with Gasteiger partial charge in [0.05, 0.1) is 25.3 Å². The number of alkyl halides is 3. The van der Waals surface area contributed by atoms with Gasteiger partial charge in [-0.25, -0.2) is 4.98 Å². The summed E-state index contributed by atoms with van der Waals surface area (Å²) in [5.74, 6) is 0.794. The summed E-state index contributed by atoms with van der Waals surface area (Å²) in [4.78, 5) is 5.80. The molecule has 2 heterocycles.